The molecule has 3 aromatic rings. The maximum Gasteiger partial charge on any atom is 0.226 e. The van der Waals surface area contributed by atoms with Crippen molar-refractivity contribution in [2.75, 3.05) is 12.4 Å². The lowest BCUT2D eigenvalue weighted by atomic mass is 10.1. The van der Waals surface area contributed by atoms with Gasteiger partial charge >= 0.3 is 0 Å². The molecule has 0 bridgehead atoms. The Morgan fingerprint density at radius 1 is 1.25 bits per heavy atom. The number of aromatic nitrogens is 1. The summed E-state index contributed by atoms with van der Waals surface area (Å²) in [5.74, 6) is 0.633. The van der Waals surface area contributed by atoms with Crippen molar-refractivity contribution in [1.29, 1.82) is 0 Å². The van der Waals surface area contributed by atoms with Gasteiger partial charge < -0.3 is 14.6 Å². The Hall–Kier alpha value is -2.53. The van der Waals surface area contributed by atoms with Crippen LogP contribution in [0.25, 0.3) is 0 Å². The van der Waals surface area contributed by atoms with Gasteiger partial charge in [0.1, 0.15) is 5.75 Å². The number of hydrogen-bond donors (Lipinski definition) is 1. The van der Waals surface area contributed by atoms with Crippen LogP contribution in [0.15, 0.2) is 60.2 Å². The fourth-order valence-corrected chi connectivity index (χ4v) is 3.52. The molecule has 1 atom stereocenters. The highest BCUT2D eigenvalue weighted by molar-refractivity contribution is 7.10. The summed E-state index contributed by atoms with van der Waals surface area (Å²) < 4.78 is 7.40. The van der Waals surface area contributed by atoms with E-state index in [9.17, 15) is 4.79 Å². The Kier molecular flexibility index (Phi) is 5.01. The molecule has 0 fully saturated rings. The van der Waals surface area contributed by atoms with Crippen molar-refractivity contribution in [3.05, 3.63) is 70.7 Å². The van der Waals surface area contributed by atoms with Crippen LogP contribution in [-0.4, -0.2) is 17.6 Å². The number of nitrogens with one attached hydrogen (secondary N) is 1. The van der Waals surface area contributed by atoms with E-state index in [1.165, 1.54) is 0 Å². The van der Waals surface area contributed by atoms with Gasteiger partial charge in [-0.25, -0.2) is 0 Å². The second-order valence-electron chi connectivity index (χ2n) is 5.62. The molecule has 0 aliphatic carbocycles. The number of nitrogens with zero attached hydrogens (tertiary/aromatic N) is 1. The summed E-state index contributed by atoms with van der Waals surface area (Å²) in [4.78, 5) is 13.8. The molecule has 24 heavy (non-hydrogen) atoms. The Morgan fingerprint density at radius 2 is 2.04 bits per heavy atom. The van der Waals surface area contributed by atoms with Crippen LogP contribution in [0, 0.1) is 6.92 Å². The molecule has 2 heterocycles. The molecule has 1 N–H and O–H groups in total. The molecule has 3 rings (SSSR count). The first-order chi connectivity index (χ1) is 11.7. The Balaban J connectivity index is 1.79. The second kappa shape index (κ2) is 7.36. The standard InChI is InChI=1S/C19H20N2O2S/c1-14-7-8-17(23-2)15(12-14)20-19(22)13-16(18-6-5-11-24-18)21-9-3-4-10-21/h3-12,16H,13H2,1-2H3,(H,20,22). The van der Waals surface area contributed by atoms with Crippen LogP contribution in [0.5, 0.6) is 5.75 Å². The van der Waals surface area contributed by atoms with Crippen LogP contribution in [0.3, 0.4) is 0 Å². The maximum absolute atomic E-state index is 12.6. The zero-order chi connectivity index (χ0) is 16.9. The van der Waals surface area contributed by atoms with Gasteiger partial charge in [-0.05, 0) is 48.2 Å². The molecule has 1 aromatic carbocycles. The van der Waals surface area contributed by atoms with Gasteiger partial charge in [-0.1, -0.05) is 12.1 Å². The van der Waals surface area contributed by atoms with E-state index in [1.54, 1.807) is 18.4 Å². The summed E-state index contributed by atoms with van der Waals surface area (Å²) >= 11 is 1.66. The normalized spacial score (nSPS) is 11.9. The molecule has 1 amide bonds. The summed E-state index contributed by atoms with van der Waals surface area (Å²) in [5, 5.41) is 5.02. The number of anilines is 1. The van der Waals surface area contributed by atoms with Gasteiger partial charge in [0.25, 0.3) is 0 Å². The van der Waals surface area contributed by atoms with Crippen LogP contribution in [0.4, 0.5) is 5.69 Å². The third-order valence-corrected chi connectivity index (χ3v) is 4.84. The smallest absolute Gasteiger partial charge is 0.226 e. The van der Waals surface area contributed by atoms with Crippen molar-refractivity contribution in [3.8, 4) is 5.75 Å². The number of benzene rings is 1. The first-order valence-corrected chi connectivity index (χ1v) is 8.65. The molecule has 124 valence electrons. The van der Waals surface area contributed by atoms with Gasteiger partial charge in [0.15, 0.2) is 0 Å². The van der Waals surface area contributed by atoms with Crippen LogP contribution in [-0.2, 0) is 4.79 Å². The van der Waals surface area contributed by atoms with E-state index in [0.717, 1.165) is 10.4 Å². The largest absolute Gasteiger partial charge is 0.495 e. The molecular weight excluding hydrogens is 320 g/mol. The van der Waals surface area contributed by atoms with E-state index in [4.69, 9.17) is 4.74 Å². The molecule has 0 spiro atoms. The lowest BCUT2D eigenvalue weighted by Gasteiger charge is -2.18. The van der Waals surface area contributed by atoms with Crippen molar-refractivity contribution in [2.24, 2.45) is 0 Å². The monoisotopic (exact) mass is 340 g/mol. The predicted octanol–water partition coefficient (Wildman–Crippen LogP) is 4.48. The highest BCUT2D eigenvalue weighted by Gasteiger charge is 2.19. The number of methoxy groups -OCH3 is 1. The van der Waals surface area contributed by atoms with Crippen molar-refractivity contribution in [3.63, 3.8) is 0 Å². The van der Waals surface area contributed by atoms with E-state index in [0.29, 0.717) is 17.9 Å². The van der Waals surface area contributed by atoms with Crippen LogP contribution in [0.2, 0.25) is 0 Å². The minimum atomic E-state index is -0.0361. The van der Waals surface area contributed by atoms with Crippen LogP contribution < -0.4 is 10.1 Å². The Morgan fingerprint density at radius 3 is 2.71 bits per heavy atom. The van der Waals surface area contributed by atoms with E-state index < -0.39 is 0 Å². The summed E-state index contributed by atoms with van der Waals surface area (Å²) in [6, 6.07) is 13.8. The molecule has 4 nitrogen and oxygen atoms in total. The Labute approximate surface area is 145 Å². The molecule has 2 aromatic heterocycles. The number of hydrogen-bond acceptors (Lipinski definition) is 3. The Bertz CT molecular complexity index is 761. The van der Waals surface area contributed by atoms with Crippen molar-refractivity contribution >= 4 is 22.9 Å². The topological polar surface area (TPSA) is 43.3 Å². The fourth-order valence-electron chi connectivity index (χ4n) is 2.69. The highest BCUT2D eigenvalue weighted by Crippen LogP contribution is 2.29. The van der Waals surface area contributed by atoms with Crippen molar-refractivity contribution in [1.82, 2.24) is 4.57 Å². The summed E-state index contributed by atoms with van der Waals surface area (Å²) in [6.07, 6.45) is 4.35. The molecule has 0 saturated carbocycles. The van der Waals surface area contributed by atoms with Crippen LogP contribution in [0.1, 0.15) is 22.9 Å². The van der Waals surface area contributed by atoms with Crippen LogP contribution >= 0.6 is 11.3 Å². The average Bonchev–Trinajstić information content (AvgIpc) is 3.27. The summed E-state index contributed by atoms with van der Waals surface area (Å²) in [7, 11) is 1.61. The zero-order valence-corrected chi connectivity index (χ0v) is 14.5. The van der Waals surface area contributed by atoms with E-state index >= 15 is 0 Å². The minimum Gasteiger partial charge on any atom is -0.495 e. The lowest BCUT2D eigenvalue weighted by Crippen LogP contribution is -2.19. The fraction of sp³-hybridized carbons (Fsp3) is 0.211. The number of amides is 1. The molecule has 1 unspecified atom stereocenters. The van der Waals surface area contributed by atoms with Gasteiger partial charge in [0, 0.05) is 17.3 Å². The third-order valence-electron chi connectivity index (χ3n) is 3.87. The van der Waals surface area contributed by atoms with E-state index in [-0.39, 0.29) is 11.9 Å². The molecular formula is C19H20N2O2S. The molecule has 0 radical (unpaired) electrons. The molecule has 0 aliphatic rings. The van der Waals surface area contributed by atoms with Gasteiger partial charge in [-0.3, -0.25) is 4.79 Å². The number of carbonyl (C=O) groups is 1. The van der Waals surface area contributed by atoms with Crippen molar-refractivity contribution < 1.29 is 9.53 Å². The first kappa shape index (κ1) is 16.3. The van der Waals surface area contributed by atoms with Gasteiger partial charge in [0.2, 0.25) is 5.91 Å². The van der Waals surface area contributed by atoms with Crippen molar-refractivity contribution in [2.45, 2.75) is 19.4 Å². The average molecular weight is 340 g/mol. The number of carbonyl (C=O) groups excluding carboxylic acids is 1. The van der Waals surface area contributed by atoms with Gasteiger partial charge in [-0.15, -0.1) is 11.3 Å². The summed E-state index contributed by atoms with van der Waals surface area (Å²) in [5.41, 5.74) is 1.78. The maximum atomic E-state index is 12.6. The zero-order valence-electron chi connectivity index (χ0n) is 13.7. The molecule has 0 aliphatic heterocycles. The van der Waals surface area contributed by atoms with E-state index in [2.05, 4.69) is 16.0 Å². The molecule has 0 saturated heterocycles. The second-order valence-corrected chi connectivity index (χ2v) is 6.60. The molecule has 5 heteroatoms. The highest BCUT2D eigenvalue weighted by atomic mass is 32.1. The number of aryl methyl sites for hydroxylation is 1. The van der Waals surface area contributed by atoms with Gasteiger partial charge in [-0.2, -0.15) is 0 Å². The van der Waals surface area contributed by atoms with Gasteiger partial charge in [0.05, 0.1) is 25.3 Å². The van der Waals surface area contributed by atoms with E-state index in [1.807, 2.05) is 61.1 Å². The first-order valence-electron chi connectivity index (χ1n) is 7.77. The SMILES string of the molecule is COc1ccc(C)cc1NC(=O)CC(c1cccs1)n1cccc1. The number of ether oxygens (including phenoxy) is 1. The minimum absolute atomic E-state index is 0.00389. The third kappa shape index (κ3) is 3.68. The lowest BCUT2D eigenvalue weighted by molar-refractivity contribution is -0.116. The quantitative estimate of drug-likeness (QED) is 0.719. The summed E-state index contributed by atoms with van der Waals surface area (Å²) in [6.45, 7) is 1.99. The number of rotatable bonds is 6. The predicted molar refractivity (Wildman–Crippen MR) is 97.9 cm³/mol. The number of thiophene rings is 1.